The summed E-state index contributed by atoms with van der Waals surface area (Å²) in [7, 11) is 0. The van der Waals surface area contributed by atoms with E-state index in [1.807, 2.05) is 41.5 Å². The highest BCUT2D eigenvalue weighted by atomic mass is 16.5. The summed E-state index contributed by atoms with van der Waals surface area (Å²) in [5.41, 5.74) is 1.20. The third-order valence-electron chi connectivity index (χ3n) is 3.12. The maximum atomic E-state index is 12.0. The lowest BCUT2D eigenvalue weighted by molar-refractivity contribution is -0.531. The molecule has 6 heteroatoms. The predicted molar refractivity (Wildman–Crippen MR) is 88.6 cm³/mol. The van der Waals surface area contributed by atoms with Crippen LogP contribution in [-0.2, 0) is 0 Å². The van der Waals surface area contributed by atoms with Crippen LogP contribution in [0.2, 0.25) is 0 Å². The van der Waals surface area contributed by atoms with Crippen LogP contribution < -0.4 is 0 Å². The molecule has 6 nitrogen and oxygen atoms in total. The van der Waals surface area contributed by atoms with E-state index in [2.05, 4.69) is 9.97 Å². The number of hydrogen-bond acceptors (Lipinski definition) is 4. The number of aryl methyl sites for hydroxylation is 2. The molecule has 22 heavy (non-hydrogen) atoms. The van der Waals surface area contributed by atoms with Gasteiger partial charge in [-0.3, -0.25) is 0 Å². The Hall–Kier alpha value is -1.98. The normalized spacial score (nSPS) is 14.4. The minimum atomic E-state index is -0.537. The Morgan fingerprint density at radius 2 is 1.00 bits per heavy atom. The number of rotatable bonds is 2. The van der Waals surface area contributed by atoms with Crippen LogP contribution in [0.1, 0.15) is 64.3 Å². The Kier molecular flexibility index (Phi) is 4.95. The van der Waals surface area contributed by atoms with E-state index in [1.54, 1.807) is 13.8 Å². The molecule has 122 valence electrons. The highest BCUT2D eigenvalue weighted by Gasteiger charge is 2.21. The van der Waals surface area contributed by atoms with Gasteiger partial charge in [0.1, 0.15) is 11.4 Å². The van der Waals surface area contributed by atoms with Gasteiger partial charge in [-0.1, -0.05) is 0 Å². The van der Waals surface area contributed by atoms with Gasteiger partial charge in [0.05, 0.1) is 11.4 Å². The van der Waals surface area contributed by atoms with Crippen molar-refractivity contribution in [1.82, 2.24) is 9.97 Å². The summed E-state index contributed by atoms with van der Waals surface area (Å²) in [4.78, 5) is 8.81. The average molecular weight is 306 g/mol. The average Bonchev–Trinajstić information content (AvgIpc) is 2.32. The van der Waals surface area contributed by atoms with Gasteiger partial charge >= 0.3 is 0 Å². The first kappa shape index (κ1) is 18.1. The minimum absolute atomic E-state index is 0.521. The number of hydroxylamine groups is 2. The minimum Gasteiger partial charge on any atom is -0.623 e. The Bertz CT molecular complexity index is 565. The molecule has 0 amide bonds. The Morgan fingerprint density at radius 1 is 0.727 bits per heavy atom. The standard InChI is InChI=1S/C16H26N4O2/c1-11-13(9-19(21)15(3,4)5)18-12(2)14(17-11)10-20(22)16(6,7)8/h9-10H,1-8H3/b19-9-,20-10+. The number of aromatic nitrogens is 2. The van der Waals surface area contributed by atoms with Gasteiger partial charge in [-0.2, -0.15) is 0 Å². The molecule has 0 radical (unpaired) electrons. The third-order valence-corrected chi connectivity index (χ3v) is 3.12. The first-order chi connectivity index (χ1) is 9.82. The fourth-order valence-corrected chi connectivity index (χ4v) is 1.49. The van der Waals surface area contributed by atoms with Crippen LogP contribution in [0.5, 0.6) is 0 Å². The lowest BCUT2D eigenvalue weighted by atomic mass is 10.1. The molecule has 0 saturated heterocycles. The summed E-state index contributed by atoms with van der Waals surface area (Å²) in [6.07, 6.45) is 2.88. The molecule has 1 heterocycles. The molecule has 0 spiro atoms. The van der Waals surface area contributed by atoms with Crippen LogP contribution in [0, 0.1) is 24.3 Å². The number of nitrogens with zero attached hydrogens (tertiary/aromatic N) is 4. The monoisotopic (exact) mass is 306 g/mol. The maximum Gasteiger partial charge on any atom is 0.202 e. The van der Waals surface area contributed by atoms with Crippen LogP contribution in [0.25, 0.3) is 0 Å². The summed E-state index contributed by atoms with van der Waals surface area (Å²) in [6.45, 7) is 14.5. The summed E-state index contributed by atoms with van der Waals surface area (Å²) in [5, 5.41) is 24.0. The molecule has 0 fully saturated rings. The van der Waals surface area contributed by atoms with Crippen molar-refractivity contribution in [2.75, 3.05) is 0 Å². The molecule has 0 N–H and O–H groups in total. The summed E-state index contributed by atoms with van der Waals surface area (Å²) < 4.78 is 1.73. The van der Waals surface area contributed by atoms with Crippen molar-refractivity contribution >= 4 is 12.4 Å². The molecule has 1 aromatic heterocycles. The van der Waals surface area contributed by atoms with Crippen molar-refractivity contribution in [2.45, 2.75) is 66.5 Å². The first-order valence-electron chi connectivity index (χ1n) is 7.30. The van der Waals surface area contributed by atoms with Crippen LogP contribution in [-0.4, -0.2) is 43.0 Å². The van der Waals surface area contributed by atoms with Gasteiger partial charge in [0.15, 0.2) is 11.1 Å². The van der Waals surface area contributed by atoms with Crippen molar-refractivity contribution in [3.63, 3.8) is 0 Å². The highest BCUT2D eigenvalue weighted by Crippen LogP contribution is 2.10. The molecule has 1 rings (SSSR count). The van der Waals surface area contributed by atoms with E-state index in [0.717, 1.165) is 9.48 Å². The number of hydrogen-bond donors (Lipinski definition) is 0. The van der Waals surface area contributed by atoms with Gasteiger partial charge in [-0.05, 0) is 13.8 Å². The van der Waals surface area contributed by atoms with E-state index in [9.17, 15) is 10.4 Å². The molecule has 0 aromatic carbocycles. The zero-order chi connectivity index (χ0) is 17.3. The zero-order valence-electron chi connectivity index (χ0n) is 14.8. The van der Waals surface area contributed by atoms with Gasteiger partial charge in [0.25, 0.3) is 0 Å². The second-order valence-electron chi connectivity index (χ2n) is 7.42. The van der Waals surface area contributed by atoms with Gasteiger partial charge in [-0.15, -0.1) is 0 Å². The first-order valence-corrected chi connectivity index (χ1v) is 7.30. The lowest BCUT2D eigenvalue weighted by Gasteiger charge is -2.19. The van der Waals surface area contributed by atoms with Crippen molar-refractivity contribution in [3.8, 4) is 0 Å². The van der Waals surface area contributed by atoms with Gasteiger partial charge in [0.2, 0.25) is 12.4 Å². The molecule has 0 aliphatic rings. The Morgan fingerprint density at radius 3 is 1.23 bits per heavy atom. The molecular formula is C16H26N4O2. The van der Waals surface area contributed by atoms with Gasteiger partial charge in [0, 0.05) is 41.5 Å². The van der Waals surface area contributed by atoms with Crippen molar-refractivity contribution in [1.29, 1.82) is 0 Å². The molecule has 1 aromatic rings. The van der Waals surface area contributed by atoms with Gasteiger partial charge < -0.3 is 10.4 Å². The maximum absolute atomic E-state index is 12.0. The van der Waals surface area contributed by atoms with E-state index < -0.39 is 11.1 Å². The molecule has 0 saturated carbocycles. The summed E-state index contributed by atoms with van der Waals surface area (Å²) in [6, 6.07) is 0. The second-order valence-corrected chi connectivity index (χ2v) is 7.42. The highest BCUT2D eigenvalue weighted by molar-refractivity contribution is 5.78. The fourth-order valence-electron chi connectivity index (χ4n) is 1.49. The molecule has 0 aliphatic carbocycles. The van der Waals surface area contributed by atoms with E-state index in [0.29, 0.717) is 22.8 Å². The van der Waals surface area contributed by atoms with Crippen LogP contribution in [0.4, 0.5) is 0 Å². The van der Waals surface area contributed by atoms with Crippen LogP contribution in [0.3, 0.4) is 0 Å². The van der Waals surface area contributed by atoms with Crippen molar-refractivity contribution < 1.29 is 9.48 Å². The molecule has 0 aliphatic heterocycles. The predicted octanol–water partition coefficient (Wildman–Crippen LogP) is 2.55. The Labute approximate surface area is 132 Å². The van der Waals surface area contributed by atoms with E-state index in [4.69, 9.17) is 0 Å². The van der Waals surface area contributed by atoms with Crippen LogP contribution in [0.15, 0.2) is 0 Å². The molecule has 0 atom stereocenters. The van der Waals surface area contributed by atoms with E-state index in [1.165, 1.54) is 12.4 Å². The largest absolute Gasteiger partial charge is 0.623 e. The quantitative estimate of drug-likeness (QED) is 0.364. The van der Waals surface area contributed by atoms with E-state index in [-0.39, 0.29) is 0 Å². The topological polar surface area (TPSA) is 77.9 Å². The molecule has 0 bridgehead atoms. The SMILES string of the molecule is Cc1nc(/C=[N+](/[O-])C(C)(C)C)c(C)nc1/C=[N+](\[O-])C(C)(C)C. The van der Waals surface area contributed by atoms with Crippen LogP contribution >= 0.6 is 0 Å². The van der Waals surface area contributed by atoms with Gasteiger partial charge in [-0.25, -0.2) is 19.4 Å². The second kappa shape index (κ2) is 6.02. The zero-order valence-corrected chi connectivity index (χ0v) is 14.8. The lowest BCUT2D eigenvalue weighted by Crippen LogP contribution is -2.30. The fraction of sp³-hybridized carbons (Fsp3) is 0.625. The molecule has 0 unspecified atom stereocenters. The summed E-state index contributed by atoms with van der Waals surface area (Å²) in [5.74, 6) is 0. The van der Waals surface area contributed by atoms with E-state index >= 15 is 0 Å². The smallest absolute Gasteiger partial charge is 0.202 e. The molecular weight excluding hydrogens is 280 g/mol. The van der Waals surface area contributed by atoms with Crippen molar-refractivity contribution in [3.05, 3.63) is 33.2 Å². The van der Waals surface area contributed by atoms with Crippen molar-refractivity contribution in [2.24, 2.45) is 0 Å². The Balaban J connectivity index is 3.30. The third kappa shape index (κ3) is 4.51. The summed E-state index contributed by atoms with van der Waals surface area (Å²) >= 11 is 0.